The highest BCUT2D eigenvalue weighted by atomic mass is 32.1. The van der Waals surface area contributed by atoms with E-state index in [-0.39, 0.29) is 12.1 Å². The summed E-state index contributed by atoms with van der Waals surface area (Å²) in [7, 11) is 0. The predicted molar refractivity (Wildman–Crippen MR) is 122 cm³/mol. The van der Waals surface area contributed by atoms with Gasteiger partial charge in [0.05, 0.1) is 23.2 Å². The molecule has 1 aromatic heterocycles. The largest absolute Gasteiger partial charge is 0.475 e. The maximum absolute atomic E-state index is 6.00. The Labute approximate surface area is 175 Å². The normalized spacial score (nSPS) is 21.7. The number of aliphatic imine (C=N–C) groups is 2. The lowest BCUT2D eigenvalue weighted by atomic mass is 10.1. The molecular weight excluding hydrogens is 380 g/mol. The number of thiophene rings is 1. The fourth-order valence-corrected chi connectivity index (χ4v) is 5.22. The molecule has 0 saturated heterocycles. The zero-order valence-corrected chi connectivity index (χ0v) is 18.1. The van der Waals surface area contributed by atoms with Crippen LogP contribution in [0.1, 0.15) is 38.8 Å². The molecule has 0 amide bonds. The van der Waals surface area contributed by atoms with Crippen LogP contribution in [0, 0.1) is 11.8 Å². The lowest BCUT2D eigenvalue weighted by Crippen LogP contribution is -2.13. The molecule has 150 valence electrons. The van der Waals surface area contributed by atoms with Gasteiger partial charge in [-0.3, -0.25) is 0 Å². The average Bonchev–Trinajstić information content (AvgIpc) is 3.44. The fourth-order valence-electron chi connectivity index (χ4n) is 3.91. The molecule has 0 N–H and O–H groups in total. The molecule has 2 aromatic carbocycles. The number of rotatable bonds is 4. The number of fused-ring (bicyclic) bond motifs is 3. The number of benzene rings is 2. The molecule has 4 nitrogen and oxygen atoms in total. The van der Waals surface area contributed by atoms with Crippen LogP contribution in [-0.2, 0) is 9.47 Å². The third-order valence-corrected chi connectivity index (χ3v) is 7.16. The Morgan fingerprint density at radius 2 is 1.21 bits per heavy atom. The van der Waals surface area contributed by atoms with Crippen LogP contribution in [0.15, 0.2) is 46.4 Å². The fraction of sp³-hybridized carbons (Fsp3) is 0.417. The van der Waals surface area contributed by atoms with Gasteiger partial charge in [0.1, 0.15) is 13.2 Å². The topological polar surface area (TPSA) is 43.2 Å². The van der Waals surface area contributed by atoms with Crippen LogP contribution in [0.5, 0.6) is 0 Å². The number of ether oxygens (including phenoxy) is 2. The second-order valence-corrected chi connectivity index (χ2v) is 9.60. The molecular formula is C24H26N2O2S. The first kappa shape index (κ1) is 18.6. The Bertz CT molecular complexity index is 1050. The van der Waals surface area contributed by atoms with Crippen molar-refractivity contribution in [3.05, 3.63) is 47.5 Å². The van der Waals surface area contributed by atoms with Crippen LogP contribution in [0.2, 0.25) is 0 Å². The number of hydrogen-bond donors (Lipinski definition) is 0. The summed E-state index contributed by atoms with van der Waals surface area (Å²) >= 11 is 1.79. The number of hydrogen-bond acceptors (Lipinski definition) is 5. The molecule has 0 aliphatic carbocycles. The lowest BCUT2D eigenvalue weighted by Gasteiger charge is -2.06. The maximum atomic E-state index is 6.00. The zero-order chi connectivity index (χ0) is 20.1. The molecule has 0 bridgehead atoms. The van der Waals surface area contributed by atoms with Crippen LogP contribution in [-0.4, -0.2) is 37.1 Å². The Morgan fingerprint density at radius 3 is 1.59 bits per heavy atom. The van der Waals surface area contributed by atoms with Crippen molar-refractivity contribution in [3.63, 3.8) is 0 Å². The van der Waals surface area contributed by atoms with E-state index in [1.54, 1.807) is 11.3 Å². The van der Waals surface area contributed by atoms with Crippen molar-refractivity contribution in [2.24, 2.45) is 21.8 Å². The van der Waals surface area contributed by atoms with E-state index in [1.165, 1.54) is 20.2 Å². The highest BCUT2D eigenvalue weighted by Crippen LogP contribution is 2.39. The van der Waals surface area contributed by atoms with E-state index < -0.39 is 0 Å². The van der Waals surface area contributed by atoms with Gasteiger partial charge in [-0.25, -0.2) is 9.98 Å². The van der Waals surface area contributed by atoms with Crippen molar-refractivity contribution in [2.45, 2.75) is 39.8 Å². The average molecular weight is 407 g/mol. The van der Waals surface area contributed by atoms with E-state index in [2.05, 4.69) is 64.1 Å². The standard InChI is InChI=1S/C24H26N2O2S/c1-13(2)19-11-27-23(25-19)17-9-5-7-15-16-8-6-10-18(22(16)29-21(15)17)24-26-20(12-28-24)14(3)4/h5-10,13-14,19-20H,11-12H2,1-4H3/t19-,20-/m1/s1. The van der Waals surface area contributed by atoms with Gasteiger partial charge >= 0.3 is 0 Å². The van der Waals surface area contributed by atoms with Crippen LogP contribution in [0.3, 0.4) is 0 Å². The van der Waals surface area contributed by atoms with Gasteiger partial charge in [-0.2, -0.15) is 0 Å². The van der Waals surface area contributed by atoms with Gasteiger partial charge in [0.2, 0.25) is 11.8 Å². The third kappa shape index (κ3) is 3.12. The molecule has 2 aliphatic rings. The van der Waals surface area contributed by atoms with Gasteiger partial charge in [0, 0.05) is 20.2 Å². The molecule has 3 heterocycles. The molecule has 3 aromatic rings. The van der Waals surface area contributed by atoms with Gasteiger partial charge < -0.3 is 9.47 Å². The van der Waals surface area contributed by atoms with Gasteiger partial charge in [-0.1, -0.05) is 52.0 Å². The second-order valence-electron chi connectivity index (χ2n) is 8.58. The molecule has 5 heteroatoms. The third-order valence-electron chi connectivity index (χ3n) is 5.87. The first-order chi connectivity index (χ1) is 14.0. The van der Waals surface area contributed by atoms with Crippen LogP contribution >= 0.6 is 11.3 Å². The Morgan fingerprint density at radius 1 is 0.759 bits per heavy atom. The van der Waals surface area contributed by atoms with Crippen LogP contribution in [0.4, 0.5) is 0 Å². The van der Waals surface area contributed by atoms with Crippen LogP contribution in [0.25, 0.3) is 20.2 Å². The van der Waals surface area contributed by atoms with Crippen molar-refractivity contribution < 1.29 is 9.47 Å². The molecule has 5 rings (SSSR count). The molecule has 0 saturated carbocycles. The summed E-state index contributed by atoms with van der Waals surface area (Å²) in [6.45, 7) is 10.1. The van der Waals surface area contributed by atoms with E-state index in [0.29, 0.717) is 25.0 Å². The molecule has 0 unspecified atom stereocenters. The van der Waals surface area contributed by atoms with E-state index in [0.717, 1.165) is 22.9 Å². The smallest absolute Gasteiger partial charge is 0.218 e. The van der Waals surface area contributed by atoms with Crippen molar-refractivity contribution in [3.8, 4) is 0 Å². The van der Waals surface area contributed by atoms with Crippen molar-refractivity contribution in [1.29, 1.82) is 0 Å². The highest BCUT2D eigenvalue weighted by molar-refractivity contribution is 7.26. The monoisotopic (exact) mass is 406 g/mol. The number of nitrogens with zero attached hydrogens (tertiary/aromatic N) is 2. The van der Waals surface area contributed by atoms with E-state index in [4.69, 9.17) is 19.5 Å². The molecule has 2 aliphatic heterocycles. The van der Waals surface area contributed by atoms with Gasteiger partial charge in [-0.05, 0) is 24.0 Å². The van der Waals surface area contributed by atoms with Crippen LogP contribution < -0.4 is 0 Å². The quantitative estimate of drug-likeness (QED) is 0.561. The zero-order valence-electron chi connectivity index (χ0n) is 17.3. The summed E-state index contributed by atoms with van der Waals surface area (Å²) in [5.41, 5.74) is 2.18. The summed E-state index contributed by atoms with van der Waals surface area (Å²) in [6, 6.07) is 13.3. The van der Waals surface area contributed by atoms with Crippen molar-refractivity contribution >= 4 is 43.3 Å². The molecule has 29 heavy (non-hydrogen) atoms. The highest BCUT2D eigenvalue weighted by Gasteiger charge is 2.27. The van der Waals surface area contributed by atoms with E-state index in [9.17, 15) is 0 Å². The predicted octanol–water partition coefficient (Wildman–Crippen LogP) is 5.66. The van der Waals surface area contributed by atoms with Gasteiger partial charge in [0.15, 0.2) is 0 Å². The maximum Gasteiger partial charge on any atom is 0.218 e. The molecule has 2 atom stereocenters. The summed E-state index contributed by atoms with van der Waals surface area (Å²) in [4.78, 5) is 9.72. The Kier molecular flexibility index (Phi) is 4.58. The Balaban J connectivity index is 1.65. The lowest BCUT2D eigenvalue weighted by molar-refractivity contribution is 0.292. The van der Waals surface area contributed by atoms with Gasteiger partial charge in [0.25, 0.3) is 0 Å². The van der Waals surface area contributed by atoms with Crippen molar-refractivity contribution in [2.75, 3.05) is 13.2 Å². The SMILES string of the molecule is CC(C)[C@H]1COC(c2cccc3c2sc2c(C4=N[C@@H](C(C)C)CO4)cccc23)=N1. The van der Waals surface area contributed by atoms with Crippen molar-refractivity contribution in [1.82, 2.24) is 0 Å². The first-order valence-corrected chi connectivity index (χ1v) is 11.2. The second kappa shape index (κ2) is 7.13. The molecule has 0 spiro atoms. The summed E-state index contributed by atoms with van der Waals surface area (Å²) < 4.78 is 14.4. The summed E-state index contributed by atoms with van der Waals surface area (Å²) in [6.07, 6.45) is 0. The van der Waals surface area contributed by atoms with E-state index >= 15 is 0 Å². The summed E-state index contributed by atoms with van der Waals surface area (Å²) in [5.74, 6) is 2.51. The van der Waals surface area contributed by atoms with Gasteiger partial charge in [-0.15, -0.1) is 11.3 Å². The summed E-state index contributed by atoms with van der Waals surface area (Å²) in [5, 5.41) is 2.48. The minimum absolute atomic E-state index is 0.236. The molecule has 0 fully saturated rings. The molecule has 0 radical (unpaired) electrons. The Hall–Kier alpha value is -2.40. The minimum Gasteiger partial charge on any atom is -0.475 e. The van der Waals surface area contributed by atoms with E-state index in [1.807, 2.05) is 0 Å². The first-order valence-electron chi connectivity index (χ1n) is 10.4. The minimum atomic E-state index is 0.236.